The van der Waals surface area contributed by atoms with E-state index >= 15 is 0 Å². The number of rotatable bonds is 10. The minimum Gasteiger partial charge on any atom is -0.314 e. The summed E-state index contributed by atoms with van der Waals surface area (Å²) in [7, 11) is 0. The predicted molar refractivity (Wildman–Crippen MR) is 58.3 cm³/mol. The molecule has 7 nitrogen and oxygen atoms in total. The fourth-order valence-corrected chi connectivity index (χ4v) is 0.949. The van der Waals surface area contributed by atoms with Crippen molar-refractivity contribution in [3.63, 3.8) is 0 Å². The van der Waals surface area contributed by atoms with Gasteiger partial charge in [-0.3, -0.25) is 20.3 Å². The monoisotopic (exact) mass is 221 g/mol. The second-order valence-corrected chi connectivity index (χ2v) is 3.21. The Hall–Kier alpha value is -0.280. The molecule has 0 saturated carbocycles. The normalized spacial score (nSPS) is 15.2. The smallest absolute Gasteiger partial charge is 0.126 e. The van der Waals surface area contributed by atoms with Crippen LogP contribution in [0.5, 0.6) is 0 Å². The Kier molecular flexibility index (Phi) is 10.1. The molecular formula is C8H23N5O2. The second kappa shape index (κ2) is 10.2. The molecule has 15 heavy (non-hydrogen) atoms. The Bertz CT molecular complexity index is 124. The molecule has 2 atom stereocenters. The number of nitrogens with two attached hydrogens (primary N) is 2. The summed E-state index contributed by atoms with van der Waals surface area (Å²) in [4.78, 5) is 9.08. The van der Waals surface area contributed by atoms with Crippen LogP contribution in [0.15, 0.2) is 0 Å². The Morgan fingerprint density at radius 1 is 0.867 bits per heavy atom. The quantitative estimate of drug-likeness (QED) is 0.169. The highest BCUT2D eigenvalue weighted by Gasteiger charge is 1.98. The van der Waals surface area contributed by atoms with E-state index in [0.717, 1.165) is 26.2 Å². The topological polar surface area (TPSA) is 107 Å². The summed E-state index contributed by atoms with van der Waals surface area (Å²) >= 11 is 0. The average molecular weight is 221 g/mol. The lowest BCUT2D eigenvalue weighted by Gasteiger charge is -2.13. The van der Waals surface area contributed by atoms with Gasteiger partial charge in [-0.15, -0.1) is 0 Å². The van der Waals surface area contributed by atoms with Crippen molar-refractivity contribution in [2.24, 2.45) is 11.8 Å². The molecule has 0 bridgehead atoms. The van der Waals surface area contributed by atoms with Crippen LogP contribution in [0, 0.1) is 0 Å². The van der Waals surface area contributed by atoms with Crippen LogP contribution in [0.1, 0.15) is 13.8 Å². The van der Waals surface area contributed by atoms with Crippen molar-refractivity contribution in [1.82, 2.24) is 16.0 Å². The Labute approximate surface area is 90.8 Å². The highest BCUT2D eigenvalue weighted by molar-refractivity contribution is 4.55. The second-order valence-electron chi connectivity index (χ2n) is 3.21. The minimum atomic E-state index is -0.115. The molecule has 0 aliphatic rings. The van der Waals surface area contributed by atoms with Crippen molar-refractivity contribution in [3.8, 4) is 0 Å². The van der Waals surface area contributed by atoms with Gasteiger partial charge in [0, 0.05) is 26.2 Å². The molecule has 7 N–H and O–H groups in total. The number of nitrogens with one attached hydrogen (secondary N) is 3. The van der Waals surface area contributed by atoms with Crippen LogP contribution in [-0.4, -0.2) is 38.6 Å². The largest absolute Gasteiger partial charge is 0.314 e. The molecular weight excluding hydrogens is 198 g/mol. The molecule has 0 rings (SSSR count). The van der Waals surface area contributed by atoms with Crippen LogP contribution in [0.3, 0.4) is 0 Å². The molecule has 0 saturated heterocycles. The van der Waals surface area contributed by atoms with Gasteiger partial charge in [-0.2, -0.15) is 0 Å². The molecule has 0 aromatic carbocycles. The first-order chi connectivity index (χ1) is 7.20. The highest BCUT2D eigenvalue weighted by Crippen LogP contribution is 1.76. The molecule has 0 aliphatic carbocycles. The van der Waals surface area contributed by atoms with Crippen molar-refractivity contribution in [2.45, 2.75) is 26.3 Å². The summed E-state index contributed by atoms with van der Waals surface area (Å²) in [5.74, 6) is 9.93. The van der Waals surface area contributed by atoms with E-state index in [9.17, 15) is 0 Å². The molecule has 0 aliphatic heterocycles. The van der Waals surface area contributed by atoms with Crippen LogP contribution < -0.4 is 27.7 Å². The fourth-order valence-electron chi connectivity index (χ4n) is 0.949. The maximum Gasteiger partial charge on any atom is 0.126 e. The first kappa shape index (κ1) is 14.7. The van der Waals surface area contributed by atoms with Crippen molar-refractivity contribution in [2.75, 3.05) is 26.2 Å². The van der Waals surface area contributed by atoms with E-state index in [-0.39, 0.29) is 12.5 Å². The minimum absolute atomic E-state index is 0.115. The molecule has 2 unspecified atom stereocenters. The SMILES string of the molecule is CC(NCCNCCNC(C)ON)ON. The van der Waals surface area contributed by atoms with Gasteiger partial charge in [0.15, 0.2) is 0 Å². The van der Waals surface area contributed by atoms with Crippen LogP contribution in [0.25, 0.3) is 0 Å². The van der Waals surface area contributed by atoms with E-state index in [4.69, 9.17) is 11.8 Å². The average Bonchev–Trinajstić information content (AvgIpc) is 2.26. The van der Waals surface area contributed by atoms with E-state index in [1.54, 1.807) is 0 Å². The molecule has 0 radical (unpaired) electrons. The van der Waals surface area contributed by atoms with Gasteiger partial charge in [0.1, 0.15) is 12.5 Å². The third kappa shape index (κ3) is 10.0. The third-order valence-corrected chi connectivity index (χ3v) is 1.88. The number of hydrogen-bond donors (Lipinski definition) is 5. The Morgan fingerprint density at radius 3 is 1.60 bits per heavy atom. The standard InChI is InChI=1S/C8H23N5O2/c1-7(14-9)12-5-3-11-4-6-13-8(2)15-10/h7-8,11-13H,3-6,9-10H2,1-2H3. The van der Waals surface area contributed by atoms with Crippen LogP contribution in [-0.2, 0) is 9.68 Å². The summed E-state index contributed by atoms with van der Waals surface area (Å²) in [6, 6.07) is 0. The lowest BCUT2D eigenvalue weighted by molar-refractivity contribution is 0.0418. The molecule has 0 spiro atoms. The molecule has 0 fully saturated rings. The molecule has 0 aromatic heterocycles. The van der Waals surface area contributed by atoms with Crippen molar-refractivity contribution in [1.29, 1.82) is 0 Å². The zero-order valence-electron chi connectivity index (χ0n) is 9.45. The van der Waals surface area contributed by atoms with E-state index < -0.39 is 0 Å². The molecule has 0 amide bonds. The van der Waals surface area contributed by atoms with Crippen molar-refractivity contribution < 1.29 is 9.68 Å². The first-order valence-electron chi connectivity index (χ1n) is 5.09. The van der Waals surface area contributed by atoms with Gasteiger partial charge in [0.25, 0.3) is 0 Å². The predicted octanol–water partition coefficient (Wildman–Crippen LogP) is -1.77. The van der Waals surface area contributed by atoms with E-state index in [1.807, 2.05) is 13.8 Å². The third-order valence-electron chi connectivity index (χ3n) is 1.88. The van der Waals surface area contributed by atoms with Crippen LogP contribution in [0.2, 0.25) is 0 Å². The Balaban J connectivity index is 3.05. The van der Waals surface area contributed by atoms with Gasteiger partial charge in [-0.25, -0.2) is 11.8 Å². The highest BCUT2D eigenvalue weighted by atomic mass is 16.6. The van der Waals surface area contributed by atoms with Crippen molar-refractivity contribution in [3.05, 3.63) is 0 Å². The van der Waals surface area contributed by atoms with E-state index in [1.165, 1.54) is 0 Å². The van der Waals surface area contributed by atoms with E-state index in [0.29, 0.717) is 0 Å². The van der Waals surface area contributed by atoms with Gasteiger partial charge in [0.2, 0.25) is 0 Å². The Morgan fingerprint density at radius 2 is 1.27 bits per heavy atom. The van der Waals surface area contributed by atoms with Crippen molar-refractivity contribution >= 4 is 0 Å². The van der Waals surface area contributed by atoms with Gasteiger partial charge < -0.3 is 5.32 Å². The van der Waals surface area contributed by atoms with Gasteiger partial charge in [0.05, 0.1) is 0 Å². The molecule has 0 aromatic rings. The lowest BCUT2D eigenvalue weighted by Crippen LogP contribution is -2.40. The summed E-state index contributed by atoms with van der Waals surface area (Å²) in [6.07, 6.45) is -0.230. The van der Waals surface area contributed by atoms with Crippen LogP contribution in [0.4, 0.5) is 0 Å². The summed E-state index contributed by atoms with van der Waals surface area (Å²) in [6.45, 7) is 7.02. The summed E-state index contributed by atoms with van der Waals surface area (Å²) < 4.78 is 0. The molecule has 92 valence electrons. The zero-order valence-corrected chi connectivity index (χ0v) is 9.45. The zero-order chi connectivity index (χ0) is 11.5. The molecule has 0 heterocycles. The first-order valence-corrected chi connectivity index (χ1v) is 5.09. The van der Waals surface area contributed by atoms with Gasteiger partial charge in [-0.1, -0.05) is 0 Å². The fraction of sp³-hybridized carbons (Fsp3) is 1.00. The number of hydrogen-bond acceptors (Lipinski definition) is 7. The maximum absolute atomic E-state index is 4.96. The van der Waals surface area contributed by atoms with Gasteiger partial charge >= 0.3 is 0 Å². The maximum atomic E-state index is 4.96. The summed E-state index contributed by atoms with van der Waals surface area (Å²) in [5.41, 5.74) is 0. The lowest BCUT2D eigenvalue weighted by atomic mass is 10.5. The van der Waals surface area contributed by atoms with E-state index in [2.05, 4.69) is 25.6 Å². The van der Waals surface area contributed by atoms with Crippen LogP contribution >= 0.6 is 0 Å². The van der Waals surface area contributed by atoms with Gasteiger partial charge in [-0.05, 0) is 13.8 Å². The summed E-state index contributed by atoms with van der Waals surface area (Å²) in [5, 5.41) is 9.36. The molecule has 7 heteroatoms.